The van der Waals surface area contributed by atoms with Crippen molar-refractivity contribution in [3.05, 3.63) is 0 Å². The van der Waals surface area contributed by atoms with Crippen LogP contribution in [0.5, 0.6) is 0 Å². The zero-order valence-corrected chi connectivity index (χ0v) is 9.93. The first-order valence-corrected chi connectivity index (χ1v) is 5.12. The van der Waals surface area contributed by atoms with Crippen molar-refractivity contribution in [2.45, 2.75) is 20.6 Å². The summed E-state index contributed by atoms with van der Waals surface area (Å²) in [5, 5.41) is 0. The summed E-state index contributed by atoms with van der Waals surface area (Å²) in [5.41, 5.74) is 0. The second kappa shape index (κ2) is 3.05. The molecule has 1 aliphatic heterocycles. The van der Waals surface area contributed by atoms with Crippen molar-refractivity contribution < 1.29 is 9.53 Å². The van der Waals surface area contributed by atoms with Gasteiger partial charge in [-0.2, -0.15) is 0 Å². The number of halogens is 4. The Morgan fingerprint density at radius 2 is 2.18 bits per heavy atom. The van der Waals surface area contributed by atoms with Crippen LogP contribution in [0.2, 0.25) is 0 Å². The predicted molar refractivity (Wildman–Crippen MR) is 50.3 cm³/mol. The molecular formula is C5H4Br2Cl2O2. The molecule has 11 heavy (non-hydrogen) atoms. The smallest absolute Gasteiger partial charge is 0.312 e. The molecule has 0 radical (unpaired) electrons. The molecule has 0 aromatic rings. The first-order valence-electron chi connectivity index (χ1n) is 2.78. The number of ether oxygens (including phenoxy) is 1. The fourth-order valence-electron chi connectivity index (χ4n) is 0.809. The lowest BCUT2D eigenvalue weighted by Crippen LogP contribution is -2.44. The second-order valence-corrected chi connectivity index (χ2v) is 7.52. The van der Waals surface area contributed by atoms with Gasteiger partial charge in [-0.1, -0.05) is 23.2 Å². The number of carbonyl (C=O) groups excluding carboxylic acids is 1. The number of esters is 1. The average Bonchev–Trinajstić information content (AvgIpc) is 1.53. The molecule has 0 bridgehead atoms. The van der Waals surface area contributed by atoms with E-state index in [1.807, 2.05) is 0 Å². The molecule has 6 heteroatoms. The van der Waals surface area contributed by atoms with Gasteiger partial charge in [-0.25, -0.2) is 0 Å². The fourth-order valence-corrected chi connectivity index (χ4v) is 3.22. The fraction of sp³-hybridized carbons (Fsp3) is 0.800. The highest BCUT2D eigenvalue weighted by atomic mass is 79.9. The number of rotatable bonds is 2. The Balaban J connectivity index is 2.44. The zero-order chi connectivity index (χ0) is 8.70. The monoisotopic (exact) mass is 324 g/mol. The minimum Gasteiger partial charge on any atom is -0.446 e. The van der Waals surface area contributed by atoms with Crippen LogP contribution in [0.1, 0.15) is 12.8 Å². The standard InChI is InChI=1S/C5H4Br2Cl2O2/c6-4(1-3(10)11-4)2-5(7,8)9/h1-2H2. The van der Waals surface area contributed by atoms with E-state index in [1.54, 1.807) is 0 Å². The Kier molecular flexibility index (Phi) is 2.80. The lowest BCUT2D eigenvalue weighted by atomic mass is 10.1. The molecule has 0 saturated carbocycles. The van der Waals surface area contributed by atoms with Gasteiger partial charge in [-0.15, -0.1) is 0 Å². The van der Waals surface area contributed by atoms with E-state index >= 15 is 0 Å². The molecule has 0 aromatic carbocycles. The normalized spacial score (nSPS) is 31.1. The van der Waals surface area contributed by atoms with Gasteiger partial charge in [0.05, 0.1) is 6.42 Å². The summed E-state index contributed by atoms with van der Waals surface area (Å²) >= 11 is 17.5. The van der Waals surface area contributed by atoms with E-state index in [-0.39, 0.29) is 5.97 Å². The van der Waals surface area contributed by atoms with E-state index in [4.69, 9.17) is 27.9 Å². The third kappa shape index (κ3) is 3.09. The zero-order valence-electron chi connectivity index (χ0n) is 5.24. The largest absolute Gasteiger partial charge is 0.446 e. The molecule has 0 aliphatic carbocycles. The summed E-state index contributed by atoms with van der Waals surface area (Å²) in [6, 6.07) is 0. The van der Waals surface area contributed by atoms with E-state index in [2.05, 4.69) is 31.9 Å². The van der Waals surface area contributed by atoms with Crippen LogP contribution in [0.25, 0.3) is 0 Å². The first kappa shape index (κ1) is 10.1. The molecule has 0 spiro atoms. The predicted octanol–water partition coefficient (Wildman–Crippen LogP) is 2.94. The van der Waals surface area contributed by atoms with Gasteiger partial charge >= 0.3 is 5.97 Å². The second-order valence-electron chi connectivity index (χ2n) is 2.33. The Bertz CT molecular complexity index is 181. The lowest BCUT2D eigenvalue weighted by Gasteiger charge is -2.37. The SMILES string of the molecule is O=C1CC(Br)(CC(Cl)(Cl)Br)O1. The average molecular weight is 327 g/mol. The Hall–Kier alpha value is 1.01. The third-order valence-corrected chi connectivity index (χ3v) is 2.44. The van der Waals surface area contributed by atoms with Gasteiger partial charge in [0.15, 0.2) is 7.75 Å². The molecule has 64 valence electrons. The van der Waals surface area contributed by atoms with Gasteiger partial charge in [0, 0.05) is 6.42 Å². The van der Waals surface area contributed by atoms with Crippen LogP contribution in [-0.2, 0) is 9.53 Å². The highest BCUT2D eigenvalue weighted by Crippen LogP contribution is 2.47. The van der Waals surface area contributed by atoms with E-state index in [0.29, 0.717) is 12.8 Å². The van der Waals surface area contributed by atoms with Crippen molar-refractivity contribution in [2.24, 2.45) is 0 Å². The summed E-state index contributed by atoms with van der Waals surface area (Å²) in [6.07, 6.45) is 0.620. The van der Waals surface area contributed by atoms with Crippen LogP contribution in [-0.4, -0.2) is 13.7 Å². The highest BCUT2D eigenvalue weighted by molar-refractivity contribution is 9.11. The van der Waals surface area contributed by atoms with Crippen LogP contribution in [0.4, 0.5) is 0 Å². The summed E-state index contributed by atoms with van der Waals surface area (Å²) in [6.45, 7) is 0. The van der Waals surface area contributed by atoms with Gasteiger partial charge in [-0.3, -0.25) is 4.79 Å². The molecule has 1 aliphatic rings. The molecule has 1 heterocycles. The maximum Gasteiger partial charge on any atom is 0.312 e. The van der Waals surface area contributed by atoms with Crippen molar-refractivity contribution in [3.63, 3.8) is 0 Å². The maximum atomic E-state index is 10.4. The molecule has 1 saturated heterocycles. The molecule has 0 amide bonds. The highest BCUT2D eigenvalue weighted by Gasteiger charge is 2.48. The van der Waals surface area contributed by atoms with Crippen LogP contribution in [0.3, 0.4) is 0 Å². The van der Waals surface area contributed by atoms with E-state index in [1.165, 1.54) is 0 Å². The molecule has 1 unspecified atom stereocenters. The molecule has 1 fully saturated rings. The van der Waals surface area contributed by atoms with Crippen LogP contribution < -0.4 is 0 Å². The number of cyclic esters (lactones) is 1. The minimum atomic E-state index is -1.04. The van der Waals surface area contributed by atoms with Crippen molar-refractivity contribution in [3.8, 4) is 0 Å². The Labute approximate surface area is 90.8 Å². The number of alkyl halides is 4. The van der Waals surface area contributed by atoms with Crippen LogP contribution in [0.15, 0.2) is 0 Å². The Morgan fingerprint density at radius 3 is 2.45 bits per heavy atom. The van der Waals surface area contributed by atoms with Gasteiger partial charge in [-0.05, 0) is 31.9 Å². The number of hydrogen-bond acceptors (Lipinski definition) is 2. The van der Waals surface area contributed by atoms with Crippen LogP contribution >= 0.6 is 55.1 Å². The maximum absolute atomic E-state index is 10.4. The quantitative estimate of drug-likeness (QED) is 0.576. The van der Waals surface area contributed by atoms with Crippen molar-refractivity contribution >= 4 is 61.0 Å². The van der Waals surface area contributed by atoms with Gasteiger partial charge in [0.25, 0.3) is 0 Å². The molecule has 0 N–H and O–H groups in total. The van der Waals surface area contributed by atoms with Crippen LogP contribution in [0, 0.1) is 0 Å². The van der Waals surface area contributed by atoms with Crippen molar-refractivity contribution in [1.29, 1.82) is 0 Å². The number of carbonyl (C=O) groups is 1. The van der Waals surface area contributed by atoms with Crippen molar-refractivity contribution in [2.75, 3.05) is 0 Å². The molecule has 1 atom stereocenters. The van der Waals surface area contributed by atoms with E-state index < -0.39 is 7.75 Å². The first-order chi connectivity index (χ1) is 4.81. The summed E-state index contributed by atoms with van der Waals surface area (Å²) in [7, 11) is 0. The lowest BCUT2D eigenvalue weighted by molar-refractivity contribution is -0.174. The topological polar surface area (TPSA) is 26.3 Å². The van der Waals surface area contributed by atoms with E-state index in [0.717, 1.165) is 0 Å². The van der Waals surface area contributed by atoms with Crippen molar-refractivity contribution in [1.82, 2.24) is 0 Å². The number of hydrogen-bond donors (Lipinski definition) is 0. The molecule has 0 aromatic heterocycles. The molecule has 1 rings (SSSR count). The van der Waals surface area contributed by atoms with Gasteiger partial charge in [0.2, 0.25) is 0 Å². The molecular weight excluding hydrogens is 323 g/mol. The minimum absolute atomic E-state index is 0.244. The van der Waals surface area contributed by atoms with Gasteiger partial charge < -0.3 is 4.74 Å². The Morgan fingerprint density at radius 1 is 1.73 bits per heavy atom. The summed E-state index contributed by atoms with van der Waals surface area (Å²) in [4.78, 5) is 10.4. The van der Waals surface area contributed by atoms with Gasteiger partial charge in [0.1, 0.15) is 0 Å². The molecule has 2 nitrogen and oxygen atoms in total. The summed E-state index contributed by atoms with van der Waals surface area (Å²) < 4.78 is 3.07. The summed E-state index contributed by atoms with van der Waals surface area (Å²) in [5.74, 6) is -0.244. The van der Waals surface area contributed by atoms with E-state index in [9.17, 15) is 4.79 Å². The third-order valence-electron chi connectivity index (χ3n) is 1.17.